The van der Waals surface area contributed by atoms with Crippen LogP contribution in [0.4, 0.5) is 0 Å². The van der Waals surface area contributed by atoms with E-state index >= 15 is 0 Å². The third-order valence-electron chi connectivity index (χ3n) is 4.32. The molecule has 0 aromatic rings. The SMILES string of the molecule is C=C(C)CCC(NCCC)C(OC)C1CCCCC1. The second kappa shape index (κ2) is 9.55. The van der Waals surface area contributed by atoms with Crippen LogP contribution in [0.3, 0.4) is 0 Å². The summed E-state index contributed by atoms with van der Waals surface area (Å²) in [4.78, 5) is 0. The Morgan fingerprint density at radius 1 is 1.32 bits per heavy atom. The molecule has 0 radical (unpaired) electrons. The lowest BCUT2D eigenvalue weighted by Crippen LogP contribution is -2.45. The molecule has 0 heterocycles. The smallest absolute Gasteiger partial charge is 0.0752 e. The number of methoxy groups -OCH3 is 1. The van der Waals surface area contributed by atoms with Crippen LogP contribution < -0.4 is 5.32 Å². The van der Waals surface area contributed by atoms with Crippen molar-refractivity contribution in [3.8, 4) is 0 Å². The maximum atomic E-state index is 5.89. The van der Waals surface area contributed by atoms with Gasteiger partial charge in [0.05, 0.1) is 6.10 Å². The fraction of sp³-hybridized carbons (Fsp3) is 0.882. The monoisotopic (exact) mass is 267 g/mol. The van der Waals surface area contributed by atoms with E-state index in [0.717, 1.165) is 25.3 Å². The van der Waals surface area contributed by atoms with Crippen LogP contribution in [0.2, 0.25) is 0 Å². The highest BCUT2D eigenvalue weighted by Gasteiger charge is 2.29. The molecule has 2 atom stereocenters. The molecule has 2 unspecified atom stereocenters. The number of hydrogen-bond donors (Lipinski definition) is 1. The molecule has 0 aromatic heterocycles. The van der Waals surface area contributed by atoms with Gasteiger partial charge in [-0.3, -0.25) is 0 Å². The highest BCUT2D eigenvalue weighted by atomic mass is 16.5. The van der Waals surface area contributed by atoms with Gasteiger partial charge in [-0.15, -0.1) is 6.58 Å². The first-order valence-corrected chi connectivity index (χ1v) is 8.09. The van der Waals surface area contributed by atoms with Crippen molar-refractivity contribution < 1.29 is 4.74 Å². The Balaban J connectivity index is 2.58. The van der Waals surface area contributed by atoms with E-state index in [9.17, 15) is 0 Å². The molecule has 1 aliphatic carbocycles. The Hall–Kier alpha value is -0.340. The second-order valence-corrected chi connectivity index (χ2v) is 6.15. The van der Waals surface area contributed by atoms with Crippen LogP contribution in [0.25, 0.3) is 0 Å². The van der Waals surface area contributed by atoms with Crippen molar-refractivity contribution in [2.24, 2.45) is 5.92 Å². The number of nitrogens with one attached hydrogen (secondary N) is 1. The summed E-state index contributed by atoms with van der Waals surface area (Å²) in [7, 11) is 1.89. The molecule has 0 bridgehead atoms. The lowest BCUT2D eigenvalue weighted by molar-refractivity contribution is 0.00624. The predicted octanol–water partition coefficient (Wildman–Crippen LogP) is 4.31. The zero-order valence-corrected chi connectivity index (χ0v) is 13.2. The van der Waals surface area contributed by atoms with Crippen molar-refractivity contribution in [3.63, 3.8) is 0 Å². The average molecular weight is 267 g/mol. The minimum Gasteiger partial charge on any atom is -0.380 e. The molecule has 1 aliphatic rings. The van der Waals surface area contributed by atoms with Crippen LogP contribution in [0.15, 0.2) is 12.2 Å². The number of allylic oxidation sites excluding steroid dienone is 1. The summed E-state index contributed by atoms with van der Waals surface area (Å²) >= 11 is 0. The highest BCUT2D eigenvalue weighted by molar-refractivity contribution is 4.92. The van der Waals surface area contributed by atoms with E-state index in [2.05, 4.69) is 25.7 Å². The normalized spacial score (nSPS) is 20.2. The van der Waals surface area contributed by atoms with Gasteiger partial charge in [-0.05, 0) is 51.5 Å². The van der Waals surface area contributed by atoms with Crippen molar-refractivity contribution in [1.82, 2.24) is 5.32 Å². The van der Waals surface area contributed by atoms with E-state index in [1.807, 2.05) is 7.11 Å². The van der Waals surface area contributed by atoms with Crippen molar-refractivity contribution in [2.45, 2.75) is 77.4 Å². The van der Waals surface area contributed by atoms with Gasteiger partial charge in [-0.2, -0.15) is 0 Å². The van der Waals surface area contributed by atoms with Gasteiger partial charge >= 0.3 is 0 Å². The molecule has 1 fully saturated rings. The van der Waals surface area contributed by atoms with Crippen LogP contribution >= 0.6 is 0 Å². The Morgan fingerprint density at radius 3 is 2.53 bits per heavy atom. The Labute approximate surface area is 120 Å². The van der Waals surface area contributed by atoms with Crippen LogP contribution in [0, 0.1) is 5.92 Å². The van der Waals surface area contributed by atoms with Crippen molar-refractivity contribution in [3.05, 3.63) is 12.2 Å². The zero-order valence-electron chi connectivity index (χ0n) is 13.2. The first-order chi connectivity index (χ1) is 9.19. The Bertz CT molecular complexity index is 246. The van der Waals surface area contributed by atoms with Gasteiger partial charge in [0.25, 0.3) is 0 Å². The van der Waals surface area contributed by atoms with E-state index in [4.69, 9.17) is 4.74 Å². The lowest BCUT2D eigenvalue weighted by Gasteiger charge is -2.35. The van der Waals surface area contributed by atoms with Gasteiger partial charge in [0.2, 0.25) is 0 Å². The Kier molecular flexibility index (Phi) is 8.40. The minimum absolute atomic E-state index is 0.381. The molecule has 0 amide bonds. The fourth-order valence-corrected chi connectivity index (χ4v) is 3.26. The lowest BCUT2D eigenvalue weighted by atomic mass is 9.81. The molecular weight excluding hydrogens is 234 g/mol. The van der Waals surface area contributed by atoms with Crippen molar-refractivity contribution in [1.29, 1.82) is 0 Å². The Morgan fingerprint density at radius 2 is 2.00 bits per heavy atom. The van der Waals surface area contributed by atoms with Crippen molar-refractivity contribution >= 4 is 0 Å². The molecule has 2 nitrogen and oxygen atoms in total. The van der Waals surface area contributed by atoms with Gasteiger partial charge in [0.15, 0.2) is 0 Å². The standard InChI is InChI=1S/C17H33NO/c1-5-13-18-16(12-11-14(2)3)17(19-4)15-9-7-6-8-10-15/h15-18H,2,5-13H2,1,3-4H3. The fourth-order valence-electron chi connectivity index (χ4n) is 3.26. The van der Waals surface area contributed by atoms with Gasteiger partial charge in [-0.1, -0.05) is 31.8 Å². The summed E-state index contributed by atoms with van der Waals surface area (Å²) in [6.45, 7) is 9.48. The third kappa shape index (κ3) is 6.09. The third-order valence-corrected chi connectivity index (χ3v) is 4.32. The minimum atomic E-state index is 0.381. The highest BCUT2D eigenvalue weighted by Crippen LogP contribution is 2.30. The summed E-state index contributed by atoms with van der Waals surface area (Å²) in [6.07, 6.45) is 10.7. The molecule has 1 saturated carbocycles. The van der Waals surface area contributed by atoms with E-state index in [1.54, 1.807) is 0 Å². The second-order valence-electron chi connectivity index (χ2n) is 6.15. The predicted molar refractivity (Wildman–Crippen MR) is 83.5 cm³/mol. The van der Waals surface area contributed by atoms with Crippen LogP contribution in [0.5, 0.6) is 0 Å². The molecule has 0 aromatic carbocycles. The molecule has 1 rings (SSSR count). The van der Waals surface area contributed by atoms with Gasteiger partial charge < -0.3 is 10.1 Å². The summed E-state index contributed by atoms with van der Waals surface area (Å²) in [5.74, 6) is 0.748. The van der Waals surface area contributed by atoms with E-state index in [1.165, 1.54) is 44.1 Å². The van der Waals surface area contributed by atoms with Crippen LogP contribution in [-0.4, -0.2) is 25.8 Å². The molecule has 0 saturated heterocycles. The van der Waals surface area contributed by atoms with Crippen LogP contribution in [0.1, 0.15) is 65.2 Å². The first-order valence-electron chi connectivity index (χ1n) is 8.09. The van der Waals surface area contributed by atoms with Crippen LogP contribution in [-0.2, 0) is 4.74 Å². The molecule has 112 valence electrons. The molecule has 0 aliphatic heterocycles. The van der Waals surface area contributed by atoms with Gasteiger partial charge in [-0.25, -0.2) is 0 Å². The molecular formula is C17H33NO. The van der Waals surface area contributed by atoms with Gasteiger partial charge in [0, 0.05) is 13.2 Å². The first kappa shape index (κ1) is 16.7. The topological polar surface area (TPSA) is 21.3 Å². The summed E-state index contributed by atoms with van der Waals surface area (Å²) < 4.78 is 5.89. The maximum Gasteiger partial charge on any atom is 0.0752 e. The number of rotatable bonds is 9. The molecule has 1 N–H and O–H groups in total. The van der Waals surface area contributed by atoms with Crippen molar-refractivity contribution in [2.75, 3.05) is 13.7 Å². The van der Waals surface area contributed by atoms with E-state index in [-0.39, 0.29) is 0 Å². The zero-order chi connectivity index (χ0) is 14.1. The van der Waals surface area contributed by atoms with E-state index < -0.39 is 0 Å². The summed E-state index contributed by atoms with van der Waals surface area (Å²) in [6, 6.07) is 0.491. The largest absolute Gasteiger partial charge is 0.380 e. The quantitative estimate of drug-likeness (QED) is 0.629. The summed E-state index contributed by atoms with van der Waals surface area (Å²) in [5.41, 5.74) is 1.28. The number of hydrogen-bond acceptors (Lipinski definition) is 2. The maximum absolute atomic E-state index is 5.89. The molecule has 2 heteroatoms. The summed E-state index contributed by atoms with van der Waals surface area (Å²) in [5, 5.41) is 3.71. The van der Waals surface area contributed by atoms with Gasteiger partial charge in [0.1, 0.15) is 0 Å². The number of ether oxygens (including phenoxy) is 1. The molecule has 19 heavy (non-hydrogen) atoms. The molecule has 0 spiro atoms. The van der Waals surface area contributed by atoms with E-state index in [0.29, 0.717) is 12.1 Å². The average Bonchev–Trinajstić information content (AvgIpc) is 2.43.